The molecular formula is C30H28N2O4. The minimum Gasteiger partial charge on any atom is -0.507 e. The third kappa shape index (κ3) is 4.26. The molecule has 6 heteroatoms. The standard InChI is InChI=1S/C30H28N2O4/c1-3-36-23-14-12-21(13-15-23)28(33)26-27(20-10-8-19(2)9-11-20)32(30(35)29(26)34)17-16-22-18-31-25-7-5-4-6-24(22)25/h4-15,18,27,31,33H,3,16-17H2,1-2H3/b28-26-. The van der Waals surface area contributed by atoms with Gasteiger partial charge in [-0.1, -0.05) is 48.0 Å². The maximum Gasteiger partial charge on any atom is 0.295 e. The number of rotatable bonds is 7. The fourth-order valence-electron chi connectivity index (χ4n) is 4.82. The molecule has 2 heterocycles. The largest absolute Gasteiger partial charge is 0.507 e. The summed E-state index contributed by atoms with van der Waals surface area (Å²) in [5, 5.41) is 12.4. The van der Waals surface area contributed by atoms with Crippen LogP contribution in [0.15, 0.2) is 84.6 Å². The molecule has 1 amide bonds. The highest BCUT2D eigenvalue weighted by Crippen LogP contribution is 2.40. The number of aromatic nitrogens is 1. The maximum absolute atomic E-state index is 13.3. The van der Waals surface area contributed by atoms with Crippen molar-refractivity contribution < 1.29 is 19.4 Å². The quantitative estimate of drug-likeness (QED) is 0.207. The molecule has 1 fully saturated rings. The van der Waals surface area contributed by atoms with Crippen molar-refractivity contribution in [2.75, 3.05) is 13.2 Å². The number of carbonyl (C=O) groups is 2. The lowest BCUT2D eigenvalue weighted by Crippen LogP contribution is -2.31. The number of Topliss-reactive ketones (excluding diaryl/α,β-unsaturated/α-hetero) is 1. The van der Waals surface area contributed by atoms with Crippen molar-refractivity contribution in [1.29, 1.82) is 0 Å². The van der Waals surface area contributed by atoms with E-state index in [0.29, 0.717) is 30.9 Å². The van der Waals surface area contributed by atoms with E-state index in [1.165, 1.54) is 0 Å². The molecule has 5 rings (SSSR count). The van der Waals surface area contributed by atoms with Crippen LogP contribution in [0.5, 0.6) is 5.75 Å². The molecule has 1 atom stereocenters. The van der Waals surface area contributed by atoms with Crippen molar-refractivity contribution in [2.24, 2.45) is 0 Å². The Kier molecular flexibility index (Phi) is 6.34. The molecule has 6 nitrogen and oxygen atoms in total. The summed E-state index contributed by atoms with van der Waals surface area (Å²) in [6.07, 6.45) is 2.52. The number of amides is 1. The van der Waals surface area contributed by atoms with E-state index >= 15 is 0 Å². The zero-order valence-corrected chi connectivity index (χ0v) is 20.3. The Bertz CT molecular complexity index is 1450. The van der Waals surface area contributed by atoms with Gasteiger partial charge in [-0.15, -0.1) is 0 Å². The summed E-state index contributed by atoms with van der Waals surface area (Å²) in [5.74, 6) is -0.793. The first kappa shape index (κ1) is 23.4. The van der Waals surface area contributed by atoms with E-state index in [4.69, 9.17) is 4.74 Å². The molecule has 36 heavy (non-hydrogen) atoms. The van der Waals surface area contributed by atoms with Gasteiger partial charge in [0.2, 0.25) is 0 Å². The number of H-pyrrole nitrogens is 1. The van der Waals surface area contributed by atoms with Crippen LogP contribution < -0.4 is 4.74 Å². The van der Waals surface area contributed by atoms with Crippen LogP contribution in [-0.2, 0) is 16.0 Å². The summed E-state index contributed by atoms with van der Waals surface area (Å²) >= 11 is 0. The highest BCUT2D eigenvalue weighted by atomic mass is 16.5. The van der Waals surface area contributed by atoms with E-state index < -0.39 is 17.7 Å². The molecule has 2 N–H and O–H groups in total. The van der Waals surface area contributed by atoms with Crippen molar-refractivity contribution in [3.63, 3.8) is 0 Å². The summed E-state index contributed by atoms with van der Waals surface area (Å²) in [5.41, 5.74) is 4.52. The van der Waals surface area contributed by atoms with E-state index in [0.717, 1.165) is 27.6 Å². The van der Waals surface area contributed by atoms with E-state index in [9.17, 15) is 14.7 Å². The number of ether oxygens (including phenoxy) is 1. The molecule has 0 aliphatic carbocycles. The number of nitrogens with zero attached hydrogens (tertiary/aromatic N) is 1. The number of aryl methyl sites for hydroxylation is 1. The van der Waals surface area contributed by atoms with Crippen molar-refractivity contribution in [1.82, 2.24) is 9.88 Å². The Morgan fingerprint density at radius 3 is 2.44 bits per heavy atom. The summed E-state index contributed by atoms with van der Waals surface area (Å²) in [7, 11) is 0. The fourth-order valence-corrected chi connectivity index (χ4v) is 4.82. The minimum atomic E-state index is -0.678. The van der Waals surface area contributed by atoms with Gasteiger partial charge in [0, 0.05) is 29.2 Å². The number of hydrogen-bond acceptors (Lipinski definition) is 4. The summed E-state index contributed by atoms with van der Waals surface area (Å²) in [6, 6.07) is 21.9. The lowest BCUT2D eigenvalue weighted by Gasteiger charge is -2.25. The monoisotopic (exact) mass is 480 g/mol. The molecule has 1 saturated heterocycles. The number of ketones is 1. The third-order valence-corrected chi connectivity index (χ3v) is 6.67. The molecule has 0 saturated carbocycles. The number of nitrogens with one attached hydrogen (secondary N) is 1. The van der Waals surface area contributed by atoms with Crippen LogP contribution in [0.4, 0.5) is 0 Å². The van der Waals surface area contributed by atoms with Gasteiger partial charge in [0.15, 0.2) is 0 Å². The molecule has 1 unspecified atom stereocenters. The molecule has 182 valence electrons. The van der Waals surface area contributed by atoms with Crippen LogP contribution in [0.2, 0.25) is 0 Å². The Morgan fingerprint density at radius 1 is 1.00 bits per heavy atom. The minimum absolute atomic E-state index is 0.104. The molecule has 1 aliphatic rings. The SMILES string of the molecule is CCOc1ccc(/C(O)=C2/C(=O)C(=O)N(CCc3c[nH]c4ccccc34)C2c2ccc(C)cc2)cc1. The van der Waals surface area contributed by atoms with Crippen LogP contribution in [0.1, 0.15) is 35.2 Å². The van der Waals surface area contributed by atoms with Crippen LogP contribution in [0.25, 0.3) is 16.7 Å². The predicted molar refractivity (Wildman–Crippen MR) is 140 cm³/mol. The molecule has 0 bridgehead atoms. The maximum atomic E-state index is 13.3. The second kappa shape index (κ2) is 9.74. The first-order valence-electron chi connectivity index (χ1n) is 12.1. The van der Waals surface area contributed by atoms with Crippen molar-refractivity contribution in [3.05, 3.63) is 107 Å². The number of benzene rings is 3. The smallest absolute Gasteiger partial charge is 0.295 e. The zero-order valence-electron chi connectivity index (χ0n) is 20.3. The lowest BCUT2D eigenvalue weighted by atomic mass is 9.94. The summed E-state index contributed by atoms with van der Waals surface area (Å²) in [4.78, 5) is 31.4. The molecule has 3 aromatic carbocycles. The summed E-state index contributed by atoms with van der Waals surface area (Å²) < 4.78 is 5.49. The molecular weight excluding hydrogens is 452 g/mol. The number of aromatic amines is 1. The van der Waals surface area contributed by atoms with Gasteiger partial charge in [-0.3, -0.25) is 9.59 Å². The van der Waals surface area contributed by atoms with Crippen molar-refractivity contribution in [2.45, 2.75) is 26.3 Å². The number of aliphatic hydroxyl groups excluding tert-OH is 1. The van der Waals surface area contributed by atoms with Crippen LogP contribution in [0, 0.1) is 6.92 Å². The Labute approximate surface area is 209 Å². The van der Waals surface area contributed by atoms with E-state index in [2.05, 4.69) is 4.98 Å². The van der Waals surface area contributed by atoms with E-state index in [1.807, 2.05) is 68.6 Å². The molecule has 4 aromatic rings. The number of para-hydroxylation sites is 1. The molecule has 0 spiro atoms. The van der Waals surface area contributed by atoms with Crippen LogP contribution in [-0.4, -0.2) is 39.8 Å². The summed E-state index contributed by atoms with van der Waals surface area (Å²) in [6.45, 7) is 4.75. The number of likely N-dealkylation sites (tertiary alicyclic amines) is 1. The number of hydrogen-bond donors (Lipinski definition) is 2. The van der Waals surface area contributed by atoms with Crippen molar-refractivity contribution >= 4 is 28.4 Å². The number of fused-ring (bicyclic) bond motifs is 1. The van der Waals surface area contributed by atoms with Gasteiger partial charge in [0.1, 0.15) is 11.5 Å². The second-order valence-electron chi connectivity index (χ2n) is 8.97. The van der Waals surface area contributed by atoms with Gasteiger partial charge in [-0.05, 0) is 61.7 Å². The van der Waals surface area contributed by atoms with Crippen LogP contribution >= 0.6 is 0 Å². The van der Waals surface area contributed by atoms with E-state index in [-0.39, 0.29) is 11.3 Å². The third-order valence-electron chi connectivity index (χ3n) is 6.67. The van der Waals surface area contributed by atoms with Crippen molar-refractivity contribution in [3.8, 4) is 5.75 Å². The molecule has 1 aromatic heterocycles. The molecule has 1 aliphatic heterocycles. The molecule has 0 radical (unpaired) electrons. The van der Waals surface area contributed by atoms with Gasteiger partial charge in [0.05, 0.1) is 18.2 Å². The van der Waals surface area contributed by atoms with Gasteiger partial charge in [0.25, 0.3) is 11.7 Å². The highest BCUT2D eigenvalue weighted by Gasteiger charge is 2.45. The van der Waals surface area contributed by atoms with Gasteiger partial charge >= 0.3 is 0 Å². The normalized spacial score (nSPS) is 17.2. The Balaban J connectivity index is 1.54. The lowest BCUT2D eigenvalue weighted by molar-refractivity contribution is -0.139. The van der Waals surface area contributed by atoms with Gasteiger partial charge in [-0.2, -0.15) is 0 Å². The highest BCUT2D eigenvalue weighted by molar-refractivity contribution is 6.46. The average Bonchev–Trinajstić information content (AvgIpc) is 3.42. The topological polar surface area (TPSA) is 82.6 Å². The van der Waals surface area contributed by atoms with Gasteiger partial charge in [-0.25, -0.2) is 0 Å². The number of carbonyl (C=O) groups excluding carboxylic acids is 2. The van der Waals surface area contributed by atoms with Gasteiger partial charge < -0.3 is 19.7 Å². The second-order valence-corrected chi connectivity index (χ2v) is 8.97. The van der Waals surface area contributed by atoms with Crippen LogP contribution in [0.3, 0.4) is 0 Å². The average molecular weight is 481 g/mol. The fraction of sp³-hybridized carbons (Fsp3) is 0.200. The first-order valence-corrected chi connectivity index (χ1v) is 12.1. The predicted octanol–water partition coefficient (Wildman–Crippen LogP) is 5.54. The Morgan fingerprint density at radius 2 is 1.72 bits per heavy atom. The zero-order chi connectivity index (χ0) is 25.2. The first-order chi connectivity index (χ1) is 17.5. The number of aliphatic hydroxyl groups is 1. The Hall–Kier alpha value is -4.32. The van der Waals surface area contributed by atoms with E-state index in [1.54, 1.807) is 29.2 Å².